The van der Waals surface area contributed by atoms with Crippen LogP contribution in [-0.2, 0) is 6.61 Å². The first-order chi connectivity index (χ1) is 8.16. The van der Waals surface area contributed by atoms with E-state index in [1.54, 1.807) is 18.5 Å². The van der Waals surface area contributed by atoms with Crippen molar-refractivity contribution in [3.63, 3.8) is 0 Å². The quantitative estimate of drug-likeness (QED) is 0.854. The van der Waals surface area contributed by atoms with Gasteiger partial charge >= 0.3 is 0 Å². The zero-order chi connectivity index (χ0) is 12.3. The Bertz CT molecular complexity index is 522. The summed E-state index contributed by atoms with van der Waals surface area (Å²) in [6, 6.07) is 4.14. The first-order valence-corrected chi connectivity index (χ1v) is 5.18. The molecular weight excluding hydrogens is 245 g/mol. The molecule has 17 heavy (non-hydrogen) atoms. The second-order valence-electron chi connectivity index (χ2n) is 3.26. The minimum Gasteiger partial charge on any atom is -0.484 e. The maximum atomic E-state index is 13.0. The third-order valence-corrected chi connectivity index (χ3v) is 2.32. The molecule has 4 nitrogen and oxygen atoms in total. The predicted molar refractivity (Wildman–Crippen MR) is 62.2 cm³/mol. The number of nitrogens with two attached hydrogens (primary N) is 1. The Morgan fingerprint density at radius 3 is 2.71 bits per heavy atom. The second-order valence-corrected chi connectivity index (χ2v) is 3.67. The molecule has 0 bridgehead atoms. The minimum atomic E-state index is -0.571. The number of hydrogen-bond donors (Lipinski definition) is 1. The molecule has 0 atom stereocenters. The molecule has 0 fully saturated rings. The zero-order valence-corrected chi connectivity index (χ0v) is 9.49. The minimum absolute atomic E-state index is 0.0154. The third kappa shape index (κ3) is 2.82. The summed E-state index contributed by atoms with van der Waals surface area (Å²) >= 11 is 5.81. The van der Waals surface area contributed by atoms with Crippen LogP contribution in [0.1, 0.15) is 5.82 Å². The van der Waals surface area contributed by atoms with Crippen molar-refractivity contribution in [3.05, 3.63) is 47.3 Å². The normalized spacial score (nSPS) is 10.2. The van der Waals surface area contributed by atoms with Crippen LogP contribution in [0.15, 0.2) is 30.6 Å². The Morgan fingerprint density at radius 1 is 1.29 bits per heavy atom. The summed E-state index contributed by atoms with van der Waals surface area (Å²) in [7, 11) is 0. The van der Waals surface area contributed by atoms with Crippen molar-refractivity contribution in [2.24, 2.45) is 0 Å². The van der Waals surface area contributed by atoms with Crippen molar-refractivity contribution in [2.75, 3.05) is 5.73 Å². The van der Waals surface area contributed by atoms with Crippen molar-refractivity contribution in [1.29, 1.82) is 0 Å². The molecule has 88 valence electrons. The number of aromatic nitrogens is 2. The molecule has 2 aromatic rings. The second kappa shape index (κ2) is 4.97. The molecule has 0 aliphatic carbocycles. The monoisotopic (exact) mass is 253 g/mol. The Balaban J connectivity index is 2.12. The van der Waals surface area contributed by atoms with Gasteiger partial charge in [0.25, 0.3) is 0 Å². The van der Waals surface area contributed by atoms with E-state index in [1.165, 1.54) is 6.07 Å². The molecule has 0 saturated heterocycles. The van der Waals surface area contributed by atoms with Gasteiger partial charge in [-0.05, 0) is 12.1 Å². The van der Waals surface area contributed by atoms with Gasteiger partial charge in [-0.1, -0.05) is 11.6 Å². The van der Waals surface area contributed by atoms with Crippen LogP contribution in [0.5, 0.6) is 5.75 Å². The van der Waals surface area contributed by atoms with Crippen molar-refractivity contribution < 1.29 is 9.13 Å². The average Bonchev–Trinajstić information content (AvgIpc) is 2.33. The maximum absolute atomic E-state index is 13.0. The molecule has 6 heteroatoms. The fraction of sp³-hybridized carbons (Fsp3) is 0.0909. The van der Waals surface area contributed by atoms with Gasteiger partial charge in [-0.15, -0.1) is 0 Å². The summed E-state index contributed by atoms with van der Waals surface area (Å²) in [6.07, 6.45) is 3.21. The number of ether oxygens (including phenoxy) is 1. The lowest BCUT2D eigenvalue weighted by atomic mass is 10.3. The number of halogens is 2. The largest absolute Gasteiger partial charge is 0.484 e. The number of anilines is 1. The highest BCUT2D eigenvalue weighted by atomic mass is 35.5. The van der Waals surface area contributed by atoms with Crippen LogP contribution in [0.3, 0.4) is 0 Å². The summed E-state index contributed by atoms with van der Waals surface area (Å²) in [4.78, 5) is 7.96. The molecule has 0 aliphatic rings. The number of benzene rings is 1. The van der Waals surface area contributed by atoms with E-state index in [1.807, 2.05) is 0 Å². The number of nitrogens with zero attached hydrogens (tertiary/aromatic N) is 2. The highest BCUT2D eigenvalue weighted by Crippen LogP contribution is 2.29. The van der Waals surface area contributed by atoms with E-state index in [4.69, 9.17) is 22.1 Å². The van der Waals surface area contributed by atoms with Gasteiger partial charge in [-0.2, -0.15) is 0 Å². The fourth-order valence-electron chi connectivity index (χ4n) is 1.20. The molecule has 2 rings (SSSR count). The summed E-state index contributed by atoms with van der Waals surface area (Å²) in [6.45, 7) is 0.144. The maximum Gasteiger partial charge on any atom is 0.166 e. The molecule has 0 aliphatic heterocycles. The van der Waals surface area contributed by atoms with Crippen molar-refractivity contribution in [2.45, 2.75) is 6.61 Å². The molecule has 1 aromatic carbocycles. The summed E-state index contributed by atoms with van der Waals surface area (Å²) in [5.41, 5.74) is 5.40. The van der Waals surface area contributed by atoms with Crippen LogP contribution in [0.25, 0.3) is 0 Å². The smallest absolute Gasteiger partial charge is 0.166 e. The first-order valence-electron chi connectivity index (χ1n) is 4.80. The molecule has 0 radical (unpaired) electrons. The Kier molecular flexibility index (Phi) is 3.39. The lowest BCUT2D eigenvalue weighted by molar-refractivity contribution is 0.296. The van der Waals surface area contributed by atoms with E-state index in [0.29, 0.717) is 11.6 Å². The summed E-state index contributed by atoms with van der Waals surface area (Å²) in [5.74, 6) is 0.239. The fourth-order valence-corrected chi connectivity index (χ4v) is 1.41. The van der Waals surface area contributed by atoms with Gasteiger partial charge in [-0.25, -0.2) is 14.4 Å². The van der Waals surface area contributed by atoms with Crippen LogP contribution in [-0.4, -0.2) is 9.97 Å². The SMILES string of the molecule is Nc1cc(OCc2ncccn2)c(Cl)cc1F. The number of nitrogen functional groups attached to an aromatic ring is 1. The van der Waals surface area contributed by atoms with Gasteiger partial charge < -0.3 is 10.5 Å². The Hall–Kier alpha value is -1.88. The van der Waals surface area contributed by atoms with E-state index in [2.05, 4.69) is 9.97 Å². The third-order valence-electron chi connectivity index (χ3n) is 2.03. The molecule has 0 spiro atoms. The molecule has 0 saturated carbocycles. The van der Waals surface area contributed by atoms with Gasteiger partial charge in [-0.3, -0.25) is 0 Å². The van der Waals surface area contributed by atoms with E-state index in [0.717, 1.165) is 6.07 Å². The molecule has 1 aromatic heterocycles. The van der Waals surface area contributed by atoms with Gasteiger partial charge in [0.15, 0.2) is 5.82 Å². The first kappa shape index (κ1) is 11.6. The van der Waals surface area contributed by atoms with Gasteiger partial charge in [0.1, 0.15) is 18.2 Å². The summed E-state index contributed by atoms with van der Waals surface area (Å²) in [5, 5.41) is 0.160. The van der Waals surface area contributed by atoms with Gasteiger partial charge in [0.2, 0.25) is 0 Å². The lowest BCUT2D eigenvalue weighted by Gasteiger charge is -2.08. The highest BCUT2D eigenvalue weighted by molar-refractivity contribution is 6.32. The van der Waals surface area contributed by atoms with Crippen LogP contribution in [0.4, 0.5) is 10.1 Å². The number of hydrogen-bond acceptors (Lipinski definition) is 4. The molecule has 0 amide bonds. The lowest BCUT2D eigenvalue weighted by Crippen LogP contribution is -2.02. The predicted octanol–water partition coefficient (Wildman–Crippen LogP) is 2.43. The topological polar surface area (TPSA) is 61.0 Å². The molecule has 1 heterocycles. The highest BCUT2D eigenvalue weighted by Gasteiger charge is 2.08. The Labute approximate surface area is 102 Å². The van der Waals surface area contributed by atoms with Crippen molar-refractivity contribution >= 4 is 17.3 Å². The summed E-state index contributed by atoms with van der Waals surface area (Å²) < 4.78 is 18.4. The number of rotatable bonds is 3. The van der Waals surface area contributed by atoms with Crippen molar-refractivity contribution in [1.82, 2.24) is 9.97 Å². The average molecular weight is 254 g/mol. The van der Waals surface area contributed by atoms with E-state index in [9.17, 15) is 4.39 Å². The molecule has 0 unspecified atom stereocenters. The van der Waals surface area contributed by atoms with Gasteiger partial charge in [0.05, 0.1) is 10.7 Å². The van der Waals surface area contributed by atoms with Crippen LogP contribution < -0.4 is 10.5 Å². The Morgan fingerprint density at radius 2 is 2.00 bits per heavy atom. The van der Waals surface area contributed by atoms with E-state index in [-0.39, 0.29) is 17.3 Å². The van der Waals surface area contributed by atoms with Crippen LogP contribution in [0.2, 0.25) is 5.02 Å². The van der Waals surface area contributed by atoms with Crippen LogP contribution in [0, 0.1) is 5.82 Å². The standard InChI is InChI=1S/C11H9ClFN3O/c12-7-4-8(13)9(14)5-10(7)17-6-11-15-2-1-3-16-11/h1-5H,6,14H2. The molecule has 2 N–H and O–H groups in total. The van der Waals surface area contributed by atoms with E-state index < -0.39 is 5.82 Å². The van der Waals surface area contributed by atoms with Gasteiger partial charge in [0, 0.05) is 18.5 Å². The molecular formula is C11H9ClFN3O. The van der Waals surface area contributed by atoms with Crippen LogP contribution >= 0.6 is 11.6 Å². The zero-order valence-electron chi connectivity index (χ0n) is 8.73. The van der Waals surface area contributed by atoms with E-state index >= 15 is 0 Å². The van der Waals surface area contributed by atoms with Crippen molar-refractivity contribution in [3.8, 4) is 5.75 Å².